The highest BCUT2D eigenvalue weighted by molar-refractivity contribution is 5.80. The van der Waals surface area contributed by atoms with Crippen LogP contribution in [0.1, 0.15) is 37.5 Å². The number of benzene rings is 3. The minimum absolute atomic E-state index is 0.174. The Kier molecular flexibility index (Phi) is 4.35. The minimum Gasteiger partial charge on any atom is -0.319 e. The van der Waals surface area contributed by atoms with Crippen LogP contribution in [-0.2, 0) is 12.0 Å². The van der Waals surface area contributed by atoms with Gasteiger partial charge in [0.05, 0.1) is 11.0 Å². The molecule has 0 fully saturated rings. The Morgan fingerprint density at radius 2 is 1.48 bits per heavy atom. The van der Waals surface area contributed by atoms with Crippen LogP contribution in [0.3, 0.4) is 0 Å². The van der Waals surface area contributed by atoms with E-state index in [1.165, 1.54) is 22.2 Å². The number of hydrogen-bond donors (Lipinski definition) is 0. The molecule has 0 unspecified atom stereocenters. The molecule has 0 spiro atoms. The van der Waals surface area contributed by atoms with Gasteiger partial charge in [-0.15, -0.1) is 0 Å². The van der Waals surface area contributed by atoms with Gasteiger partial charge in [-0.05, 0) is 35.6 Å². The van der Waals surface area contributed by atoms with Crippen LogP contribution in [0.15, 0.2) is 72.8 Å². The van der Waals surface area contributed by atoms with Gasteiger partial charge in [-0.3, -0.25) is 0 Å². The molecule has 0 atom stereocenters. The van der Waals surface area contributed by atoms with Gasteiger partial charge in [0.2, 0.25) is 0 Å². The molecule has 0 saturated carbocycles. The van der Waals surface area contributed by atoms with Crippen LogP contribution in [0.5, 0.6) is 0 Å². The minimum atomic E-state index is 0.174. The van der Waals surface area contributed by atoms with E-state index in [2.05, 4.69) is 105 Å². The first-order valence-electron chi connectivity index (χ1n) is 9.53. The summed E-state index contributed by atoms with van der Waals surface area (Å²) in [6.45, 7) is 9.68. The Balaban J connectivity index is 1.78. The molecular formula is C25H26N2. The Bertz CT molecular complexity index is 1060. The van der Waals surface area contributed by atoms with Gasteiger partial charge in [0.15, 0.2) is 0 Å². The van der Waals surface area contributed by atoms with Gasteiger partial charge in [0.1, 0.15) is 5.82 Å². The third kappa shape index (κ3) is 3.52. The first-order valence-corrected chi connectivity index (χ1v) is 9.53. The van der Waals surface area contributed by atoms with Gasteiger partial charge in [-0.1, -0.05) is 87.0 Å². The molecule has 0 bridgehead atoms. The lowest BCUT2D eigenvalue weighted by Gasteiger charge is -2.19. The zero-order chi connectivity index (χ0) is 19.0. The summed E-state index contributed by atoms with van der Waals surface area (Å²) in [6.07, 6.45) is 0. The van der Waals surface area contributed by atoms with Gasteiger partial charge in [-0.2, -0.15) is 0 Å². The van der Waals surface area contributed by atoms with Gasteiger partial charge < -0.3 is 4.57 Å². The van der Waals surface area contributed by atoms with E-state index in [-0.39, 0.29) is 5.41 Å². The van der Waals surface area contributed by atoms with Crippen LogP contribution in [0.25, 0.3) is 22.4 Å². The van der Waals surface area contributed by atoms with E-state index in [1.54, 1.807) is 0 Å². The quantitative estimate of drug-likeness (QED) is 0.419. The van der Waals surface area contributed by atoms with Crippen LogP contribution >= 0.6 is 0 Å². The summed E-state index contributed by atoms with van der Waals surface area (Å²) in [5.41, 5.74) is 7.46. The molecule has 27 heavy (non-hydrogen) atoms. The summed E-state index contributed by atoms with van der Waals surface area (Å²) >= 11 is 0. The van der Waals surface area contributed by atoms with Crippen molar-refractivity contribution in [3.8, 4) is 11.4 Å². The number of imidazole rings is 1. The van der Waals surface area contributed by atoms with Gasteiger partial charge >= 0.3 is 0 Å². The molecular weight excluding hydrogens is 328 g/mol. The Morgan fingerprint density at radius 1 is 0.815 bits per heavy atom. The SMILES string of the molecule is Cc1ccc(-c2nc3ccccc3n2Cc2ccc(C(C)(C)C)cc2)cc1. The summed E-state index contributed by atoms with van der Waals surface area (Å²) in [7, 11) is 0. The molecule has 1 heterocycles. The molecule has 3 aromatic carbocycles. The van der Waals surface area contributed by atoms with Crippen molar-refractivity contribution in [3.63, 3.8) is 0 Å². The molecule has 0 aliphatic carbocycles. The first kappa shape index (κ1) is 17.5. The van der Waals surface area contributed by atoms with E-state index in [9.17, 15) is 0 Å². The summed E-state index contributed by atoms with van der Waals surface area (Å²) in [4.78, 5) is 4.93. The fourth-order valence-corrected chi connectivity index (χ4v) is 3.45. The smallest absolute Gasteiger partial charge is 0.141 e. The second-order valence-corrected chi connectivity index (χ2v) is 8.32. The number of fused-ring (bicyclic) bond motifs is 1. The second-order valence-electron chi connectivity index (χ2n) is 8.32. The molecule has 0 N–H and O–H groups in total. The Labute approximate surface area is 161 Å². The Morgan fingerprint density at radius 3 is 2.15 bits per heavy atom. The number of hydrogen-bond acceptors (Lipinski definition) is 1. The number of aryl methyl sites for hydroxylation is 1. The molecule has 2 heteroatoms. The maximum Gasteiger partial charge on any atom is 0.141 e. The van der Waals surface area contributed by atoms with Crippen LogP contribution in [0, 0.1) is 6.92 Å². The summed E-state index contributed by atoms with van der Waals surface area (Å²) in [6, 6.07) is 26.0. The molecule has 0 aliphatic rings. The average Bonchev–Trinajstić information content (AvgIpc) is 3.01. The Hall–Kier alpha value is -2.87. The van der Waals surface area contributed by atoms with Gasteiger partial charge in [0.25, 0.3) is 0 Å². The lowest BCUT2D eigenvalue weighted by Crippen LogP contribution is -2.11. The molecule has 4 aromatic rings. The van der Waals surface area contributed by atoms with Crippen molar-refractivity contribution in [2.45, 2.75) is 39.7 Å². The third-order valence-corrected chi connectivity index (χ3v) is 5.12. The predicted molar refractivity (Wildman–Crippen MR) is 114 cm³/mol. The lowest BCUT2D eigenvalue weighted by atomic mass is 9.87. The molecule has 0 aliphatic heterocycles. The van der Waals surface area contributed by atoms with Crippen molar-refractivity contribution < 1.29 is 0 Å². The van der Waals surface area contributed by atoms with Crippen LogP contribution in [-0.4, -0.2) is 9.55 Å². The molecule has 0 saturated heterocycles. The zero-order valence-electron chi connectivity index (χ0n) is 16.5. The first-order chi connectivity index (χ1) is 12.9. The molecule has 0 radical (unpaired) electrons. The van der Waals surface area contributed by atoms with Crippen LogP contribution in [0.4, 0.5) is 0 Å². The highest BCUT2D eigenvalue weighted by Crippen LogP contribution is 2.27. The zero-order valence-corrected chi connectivity index (χ0v) is 16.5. The highest BCUT2D eigenvalue weighted by atomic mass is 15.1. The van der Waals surface area contributed by atoms with E-state index in [4.69, 9.17) is 4.98 Å². The van der Waals surface area contributed by atoms with Gasteiger partial charge in [-0.25, -0.2) is 4.98 Å². The van der Waals surface area contributed by atoms with Crippen LogP contribution < -0.4 is 0 Å². The van der Waals surface area contributed by atoms with Crippen molar-refractivity contribution in [2.24, 2.45) is 0 Å². The van der Waals surface area contributed by atoms with E-state index >= 15 is 0 Å². The maximum absolute atomic E-state index is 4.93. The third-order valence-electron chi connectivity index (χ3n) is 5.12. The fourth-order valence-electron chi connectivity index (χ4n) is 3.45. The van der Waals surface area contributed by atoms with Crippen molar-refractivity contribution in [3.05, 3.63) is 89.5 Å². The number of aromatic nitrogens is 2. The lowest BCUT2D eigenvalue weighted by molar-refractivity contribution is 0.590. The molecule has 2 nitrogen and oxygen atoms in total. The second kappa shape index (κ2) is 6.70. The highest BCUT2D eigenvalue weighted by Gasteiger charge is 2.15. The van der Waals surface area contributed by atoms with E-state index in [0.29, 0.717) is 0 Å². The molecule has 1 aromatic heterocycles. The maximum atomic E-state index is 4.93. The monoisotopic (exact) mass is 354 g/mol. The van der Waals surface area contributed by atoms with E-state index in [0.717, 1.165) is 23.4 Å². The van der Waals surface area contributed by atoms with Crippen LogP contribution in [0.2, 0.25) is 0 Å². The molecule has 0 amide bonds. The summed E-state index contributed by atoms with van der Waals surface area (Å²) in [5, 5.41) is 0. The van der Waals surface area contributed by atoms with E-state index in [1.807, 2.05) is 0 Å². The number of para-hydroxylation sites is 2. The number of rotatable bonds is 3. The normalized spacial score (nSPS) is 11.9. The average molecular weight is 354 g/mol. The standard InChI is InChI=1S/C25H26N2/c1-18-9-13-20(14-10-18)24-26-22-7-5-6-8-23(22)27(24)17-19-11-15-21(16-12-19)25(2,3)4/h5-16H,17H2,1-4H3. The topological polar surface area (TPSA) is 17.8 Å². The molecule has 136 valence electrons. The van der Waals surface area contributed by atoms with E-state index < -0.39 is 0 Å². The summed E-state index contributed by atoms with van der Waals surface area (Å²) < 4.78 is 2.33. The van der Waals surface area contributed by atoms with Gasteiger partial charge in [0, 0.05) is 12.1 Å². The number of nitrogens with zero attached hydrogens (tertiary/aromatic N) is 2. The predicted octanol–water partition coefficient (Wildman–Crippen LogP) is 6.36. The fraction of sp³-hybridized carbons (Fsp3) is 0.240. The van der Waals surface area contributed by atoms with Crippen molar-refractivity contribution in [1.82, 2.24) is 9.55 Å². The summed E-state index contributed by atoms with van der Waals surface area (Å²) in [5.74, 6) is 1.02. The largest absolute Gasteiger partial charge is 0.319 e. The van der Waals surface area contributed by atoms with Crippen molar-refractivity contribution in [1.29, 1.82) is 0 Å². The van der Waals surface area contributed by atoms with Crippen molar-refractivity contribution in [2.75, 3.05) is 0 Å². The molecule has 4 rings (SSSR count). The van der Waals surface area contributed by atoms with Crippen molar-refractivity contribution >= 4 is 11.0 Å².